The standard InChI is InChI=1S/C9H14N2O/c1-5-4-6(5)7-10-8(12)9(2,3)11-7/h5-6H,4H2,1-3H3,(H,10,11,12). The minimum atomic E-state index is -0.530. The lowest BCUT2D eigenvalue weighted by Gasteiger charge is -2.07. The average Bonchev–Trinajstić information content (AvgIpc) is 2.58. The lowest BCUT2D eigenvalue weighted by atomic mass is 10.1. The molecular weight excluding hydrogens is 152 g/mol. The first-order valence-electron chi connectivity index (χ1n) is 4.42. The van der Waals surface area contributed by atoms with E-state index in [1.54, 1.807) is 0 Å². The summed E-state index contributed by atoms with van der Waals surface area (Å²) in [5.74, 6) is 2.18. The molecular formula is C9H14N2O. The van der Waals surface area contributed by atoms with E-state index in [2.05, 4.69) is 17.2 Å². The molecule has 0 saturated heterocycles. The van der Waals surface area contributed by atoms with Crippen molar-refractivity contribution in [3.05, 3.63) is 0 Å². The van der Waals surface area contributed by atoms with Crippen LogP contribution in [-0.2, 0) is 4.79 Å². The van der Waals surface area contributed by atoms with E-state index in [4.69, 9.17) is 0 Å². The van der Waals surface area contributed by atoms with Crippen LogP contribution in [0, 0.1) is 11.8 Å². The molecule has 0 bridgehead atoms. The largest absolute Gasteiger partial charge is 0.312 e. The fraction of sp³-hybridized carbons (Fsp3) is 0.778. The van der Waals surface area contributed by atoms with Crippen molar-refractivity contribution in [3.8, 4) is 0 Å². The lowest BCUT2D eigenvalue weighted by Crippen LogP contribution is -2.34. The zero-order valence-electron chi connectivity index (χ0n) is 7.72. The average molecular weight is 166 g/mol. The van der Waals surface area contributed by atoms with Crippen LogP contribution in [0.2, 0.25) is 0 Å². The summed E-state index contributed by atoms with van der Waals surface area (Å²) in [6.45, 7) is 5.88. The molecule has 1 amide bonds. The van der Waals surface area contributed by atoms with E-state index in [1.165, 1.54) is 6.42 Å². The smallest absolute Gasteiger partial charge is 0.252 e. The molecule has 1 N–H and O–H groups in total. The fourth-order valence-corrected chi connectivity index (χ4v) is 1.53. The summed E-state index contributed by atoms with van der Waals surface area (Å²) in [7, 11) is 0. The van der Waals surface area contributed by atoms with Gasteiger partial charge < -0.3 is 5.32 Å². The summed E-state index contributed by atoms with van der Waals surface area (Å²) in [5.41, 5.74) is -0.530. The highest BCUT2D eigenvalue weighted by Crippen LogP contribution is 2.40. The number of hydrogen-bond donors (Lipinski definition) is 1. The molecule has 2 atom stereocenters. The van der Waals surface area contributed by atoms with Gasteiger partial charge in [-0.1, -0.05) is 6.92 Å². The summed E-state index contributed by atoms with van der Waals surface area (Å²) < 4.78 is 0. The molecule has 0 radical (unpaired) electrons. The maximum absolute atomic E-state index is 11.3. The van der Waals surface area contributed by atoms with E-state index in [0.717, 1.165) is 5.84 Å². The Hall–Kier alpha value is -0.860. The minimum Gasteiger partial charge on any atom is -0.312 e. The van der Waals surface area contributed by atoms with Gasteiger partial charge in [0.25, 0.3) is 5.91 Å². The third-order valence-electron chi connectivity index (χ3n) is 2.66. The summed E-state index contributed by atoms with van der Waals surface area (Å²) in [6.07, 6.45) is 1.18. The van der Waals surface area contributed by atoms with Crippen LogP contribution in [0.15, 0.2) is 4.99 Å². The van der Waals surface area contributed by atoms with Crippen molar-refractivity contribution in [1.29, 1.82) is 0 Å². The number of hydrogen-bond acceptors (Lipinski definition) is 2. The zero-order chi connectivity index (χ0) is 8.93. The van der Waals surface area contributed by atoms with E-state index in [1.807, 2.05) is 13.8 Å². The van der Waals surface area contributed by atoms with Gasteiger partial charge in [-0.25, -0.2) is 0 Å². The number of rotatable bonds is 1. The van der Waals surface area contributed by atoms with Crippen LogP contribution in [0.5, 0.6) is 0 Å². The van der Waals surface area contributed by atoms with Crippen LogP contribution in [-0.4, -0.2) is 17.3 Å². The first kappa shape index (κ1) is 7.77. The molecule has 2 rings (SSSR count). The first-order chi connectivity index (χ1) is 5.50. The zero-order valence-corrected chi connectivity index (χ0v) is 7.72. The molecule has 12 heavy (non-hydrogen) atoms. The molecule has 2 unspecified atom stereocenters. The van der Waals surface area contributed by atoms with Gasteiger partial charge in [0, 0.05) is 5.92 Å². The Balaban J connectivity index is 2.16. The van der Waals surface area contributed by atoms with Crippen molar-refractivity contribution in [2.45, 2.75) is 32.7 Å². The van der Waals surface area contributed by atoms with Gasteiger partial charge in [-0.3, -0.25) is 9.79 Å². The number of nitrogens with one attached hydrogen (secondary N) is 1. The van der Waals surface area contributed by atoms with E-state index in [-0.39, 0.29) is 5.91 Å². The topological polar surface area (TPSA) is 41.5 Å². The highest BCUT2D eigenvalue weighted by atomic mass is 16.2. The summed E-state index contributed by atoms with van der Waals surface area (Å²) in [5, 5.41) is 2.85. The molecule has 2 aliphatic rings. The number of carbonyl (C=O) groups excluding carboxylic acids is 1. The van der Waals surface area contributed by atoms with E-state index in [0.29, 0.717) is 11.8 Å². The Morgan fingerprint density at radius 3 is 2.50 bits per heavy atom. The molecule has 0 aromatic heterocycles. The predicted molar refractivity (Wildman–Crippen MR) is 46.9 cm³/mol. The molecule has 0 aromatic carbocycles. The van der Waals surface area contributed by atoms with Crippen molar-refractivity contribution < 1.29 is 4.79 Å². The van der Waals surface area contributed by atoms with Crippen LogP contribution in [0.4, 0.5) is 0 Å². The third kappa shape index (κ3) is 1.04. The van der Waals surface area contributed by atoms with Crippen LogP contribution in [0.3, 0.4) is 0 Å². The normalized spacial score (nSPS) is 37.6. The maximum atomic E-state index is 11.3. The Labute approximate surface area is 72.3 Å². The molecule has 66 valence electrons. The minimum absolute atomic E-state index is 0.0385. The predicted octanol–water partition coefficient (Wildman–Crippen LogP) is 0.949. The molecule has 1 saturated carbocycles. The number of aliphatic imine (C=N–C) groups is 1. The lowest BCUT2D eigenvalue weighted by molar-refractivity contribution is -0.122. The molecule has 1 aliphatic carbocycles. The van der Waals surface area contributed by atoms with Gasteiger partial charge in [0.15, 0.2) is 0 Å². The Morgan fingerprint density at radius 2 is 2.17 bits per heavy atom. The molecule has 1 heterocycles. The monoisotopic (exact) mass is 166 g/mol. The molecule has 1 fully saturated rings. The van der Waals surface area contributed by atoms with Crippen LogP contribution < -0.4 is 5.32 Å². The van der Waals surface area contributed by atoms with Gasteiger partial charge >= 0.3 is 0 Å². The van der Waals surface area contributed by atoms with Gasteiger partial charge in [0.05, 0.1) is 0 Å². The van der Waals surface area contributed by atoms with E-state index < -0.39 is 5.54 Å². The van der Waals surface area contributed by atoms with Gasteiger partial charge in [-0.15, -0.1) is 0 Å². The first-order valence-corrected chi connectivity index (χ1v) is 4.42. The van der Waals surface area contributed by atoms with Crippen molar-refractivity contribution in [2.75, 3.05) is 0 Å². The maximum Gasteiger partial charge on any atom is 0.252 e. The van der Waals surface area contributed by atoms with Crippen LogP contribution >= 0.6 is 0 Å². The Morgan fingerprint density at radius 1 is 1.58 bits per heavy atom. The van der Waals surface area contributed by atoms with Gasteiger partial charge in [-0.05, 0) is 26.2 Å². The number of amides is 1. The van der Waals surface area contributed by atoms with Gasteiger partial charge in [0.2, 0.25) is 0 Å². The second-order valence-electron chi connectivity index (χ2n) is 4.33. The van der Waals surface area contributed by atoms with Crippen molar-refractivity contribution in [2.24, 2.45) is 16.8 Å². The SMILES string of the molecule is CC1CC1C1=NC(C)(C)C(=O)N1. The highest BCUT2D eigenvalue weighted by molar-refractivity contribution is 6.09. The second-order valence-corrected chi connectivity index (χ2v) is 4.33. The summed E-state index contributed by atoms with van der Waals surface area (Å²) >= 11 is 0. The number of nitrogens with zero attached hydrogens (tertiary/aromatic N) is 1. The van der Waals surface area contributed by atoms with Crippen molar-refractivity contribution >= 4 is 11.7 Å². The van der Waals surface area contributed by atoms with Crippen molar-refractivity contribution in [3.63, 3.8) is 0 Å². The third-order valence-corrected chi connectivity index (χ3v) is 2.66. The Bertz CT molecular complexity index is 268. The molecule has 0 spiro atoms. The Kier molecular flexibility index (Phi) is 1.35. The number of amidine groups is 1. The van der Waals surface area contributed by atoms with E-state index in [9.17, 15) is 4.79 Å². The molecule has 1 aliphatic heterocycles. The van der Waals surface area contributed by atoms with Crippen LogP contribution in [0.1, 0.15) is 27.2 Å². The van der Waals surface area contributed by atoms with Gasteiger partial charge in [-0.2, -0.15) is 0 Å². The van der Waals surface area contributed by atoms with E-state index >= 15 is 0 Å². The quantitative estimate of drug-likeness (QED) is 0.619. The molecule has 3 nitrogen and oxygen atoms in total. The number of carbonyl (C=O) groups is 1. The molecule has 3 heteroatoms. The van der Waals surface area contributed by atoms with Crippen LogP contribution in [0.25, 0.3) is 0 Å². The van der Waals surface area contributed by atoms with Crippen molar-refractivity contribution in [1.82, 2.24) is 5.32 Å². The second kappa shape index (κ2) is 2.09. The van der Waals surface area contributed by atoms with Gasteiger partial charge in [0.1, 0.15) is 11.4 Å². The summed E-state index contributed by atoms with van der Waals surface area (Å²) in [4.78, 5) is 15.7. The summed E-state index contributed by atoms with van der Waals surface area (Å²) in [6, 6.07) is 0. The molecule has 0 aromatic rings. The highest BCUT2D eigenvalue weighted by Gasteiger charge is 2.44. The fourth-order valence-electron chi connectivity index (χ4n) is 1.53.